The van der Waals surface area contributed by atoms with Crippen LogP contribution in [0.15, 0.2) is 24.3 Å². The Bertz CT molecular complexity index is 783. The molecule has 1 saturated carbocycles. The number of carbonyl (C=O) groups is 1. The third kappa shape index (κ3) is 4.08. The summed E-state index contributed by atoms with van der Waals surface area (Å²) in [5, 5.41) is 10.9. The van der Waals surface area contributed by atoms with E-state index in [0.717, 1.165) is 67.8 Å². The molecule has 4 rings (SSSR count). The number of aryl methyl sites for hydroxylation is 1. The van der Waals surface area contributed by atoms with E-state index in [-0.39, 0.29) is 11.8 Å². The Labute approximate surface area is 167 Å². The van der Waals surface area contributed by atoms with Crippen LogP contribution in [-0.4, -0.2) is 29.2 Å². The Kier molecular flexibility index (Phi) is 5.98. The maximum absolute atomic E-state index is 12.8. The lowest BCUT2D eigenvalue weighted by molar-refractivity contribution is -0.120. The number of H-pyrrole nitrogens is 1. The highest BCUT2D eigenvalue weighted by molar-refractivity contribution is 5.97. The van der Waals surface area contributed by atoms with Gasteiger partial charge in [-0.1, -0.05) is 38.3 Å². The van der Waals surface area contributed by atoms with Gasteiger partial charge in [-0.15, -0.1) is 0 Å². The molecule has 2 heterocycles. The quantitative estimate of drug-likeness (QED) is 0.754. The van der Waals surface area contributed by atoms with E-state index in [1.54, 1.807) is 0 Å². The highest BCUT2D eigenvalue weighted by atomic mass is 16.1. The Balaban J connectivity index is 1.54. The second kappa shape index (κ2) is 8.80. The van der Waals surface area contributed by atoms with Crippen LogP contribution in [0.2, 0.25) is 0 Å². The summed E-state index contributed by atoms with van der Waals surface area (Å²) in [5.41, 5.74) is 5.05. The van der Waals surface area contributed by atoms with Gasteiger partial charge in [-0.25, -0.2) is 0 Å². The van der Waals surface area contributed by atoms with E-state index in [0.29, 0.717) is 0 Å². The number of piperidine rings is 1. The number of nitrogens with zero attached hydrogens (tertiary/aromatic N) is 2. The molecule has 5 heteroatoms. The van der Waals surface area contributed by atoms with Gasteiger partial charge in [0.2, 0.25) is 5.91 Å². The van der Waals surface area contributed by atoms with Gasteiger partial charge in [0.25, 0.3) is 0 Å². The molecule has 5 nitrogen and oxygen atoms in total. The molecule has 1 aliphatic heterocycles. The van der Waals surface area contributed by atoms with Crippen molar-refractivity contribution in [1.29, 1.82) is 0 Å². The van der Waals surface area contributed by atoms with Gasteiger partial charge >= 0.3 is 0 Å². The Morgan fingerprint density at radius 2 is 1.75 bits per heavy atom. The normalized spacial score (nSPS) is 18.2. The molecule has 2 aromatic rings. The molecule has 2 N–H and O–H groups in total. The zero-order chi connectivity index (χ0) is 19.3. The van der Waals surface area contributed by atoms with Crippen LogP contribution in [0.5, 0.6) is 0 Å². The van der Waals surface area contributed by atoms with Crippen LogP contribution >= 0.6 is 0 Å². The Hall–Kier alpha value is -2.30. The van der Waals surface area contributed by atoms with E-state index in [1.807, 2.05) is 0 Å². The number of anilines is 2. The second-order valence-electron chi connectivity index (χ2n) is 8.20. The molecule has 1 saturated heterocycles. The Morgan fingerprint density at radius 3 is 2.43 bits per heavy atom. The summed E-state index contributed by atoms with van der Waals surface area (Å²) in [6.45, 7) is 4.38. The van der Waals surface area contributed by atoms with Crippen molar-refractivity contribution in [2.75, 3.05) is 23.3 Å². The minimum atomic E-state index is 0.141. The Morgan fingerprint density at radius 1 is 1.07 bits per heavy atom. The van der Waals surface area contributed by atoms with E-state index < -0.39 is 0 Å². The second-order valence-corrected chi connectivity index (χ2v) is 8.20. The fraction of sp³-hybridized carbons (Fsp3) is 0.565. The van der Waals surface area contributed by atoms with Gasteiger partial charge in [0, 0.05) is 30.3 Å². The van der Waals surface area contributed by atoms with Crippen LogP contribution in [0.4, 0.5) is 11.4 Å². The summed E-state index contributed by atoms with van der Waals surface area (Å²) in [6.07, 6.45) is 10.3. The van der Waals surface area contributed by atoms with Crippen molar-refractivity contribution < 1.29 is 4.79 Å². The van der Waals surface area contributed by atoms with Crippen molar-refractivity contribution in [3.05, 3.63) is 30.0 Å². The van der Waals surface area contributed by atoms with Crippen LogP contribution in [-0.2, 0) is 11.2 Å². The SMILES string of the molecule is CCc1[nH]nc(-c2ccc(N3CCCCC3)cc2)c1NC(=O)C1CCCCC1. The summed E-state index contributed by atoms with van der Waals surface area (Å²) in [5.74, 6) is 0.296. The number of carbonyl (C=O) groups excluding carboxylic acids is 1. The molecule has 1 aromatic heterocycles. The minimum absolute atomic E-state index is 0.141. The highest BCUT2D eigenvalue weighted by Crippen LogP contribution is 2.33. The van der Waals surface area contributed by atoms with Crippen LogP contribution in [0.3, 0.4) is 0 Å². The van der Waals surface area contributed by atoms with Gasteiger partial charge in [0.05, 0.1) is 11.4 Å². The van der Waals surface area contributed by atoms with Gasteiger partial charge in [-0.2, -0.15) is 5.10 Å². The van der Waals surface area contributed by atoms with Crippen molar-refractivity contribution in [1.82, 2.24) is 10.2 Å². The van der Waals surface area contributed by atoms with Crippen molar-refractivity contribution in [2.24, 2.45) is 5.92 Å². The van der Waals surface area contributed by atoms with Gasteiger partial charge in [0.15, 0.2) is 0 Å². The molecule has 0 bridgehead atoms. The molecule has 0 atom stereocenters. The van der Waals surface area contributed by atoms with Gasteiger partial charge in [0.1, 0.15) is 5.69 Å². The van der Waals surface area contributed by atoms with E-state index in [9.17, 15) is 4.79 Å². The molecule has 0 unspecified atom stereocenters. The van der Waals surface area contributed by atoms with E-state index in [4.69, 9.17) is 0 Å². The maximum Gasteiger partial charge on any atom is 0.227 e. The van der Waals surface area contributed by atoms with Crippen molar-refractivity contribution >= 4 is 17.3 Å². The number of hydrogen-bond acceptors (Lipinski definition) is 3. The first kappa shape index (κ1) is 19.0. The summed E-state index contributed by atoms with van der Waals surface area (Å²) >= 11 is 0. The average molecular weight is 381 g/mol. The zero-order valence-electron chi connectivity index (χ0n) is 17.0. The van der Waals surface area contributed by atoms with Crippen LogP contribution < -0.4 is 10.2 Å². The van der Waals surface area contributed by atoms with Crippen LogP contribution in [0.25, 0.3) is 11.3 Å². The lowest BCUT2D eigenvalue weighted by atomic mass is 9.88. The van der Waals surface area contributed by atoms with Crippen molar-refractivity contribution in [3.63, 3.8) is 0 Å². The number of hydrogen-bond donors (Lipinski definition) is 2. The summed E-state index contributed by atoms with van der Waals surface area (Å²) in [6, 6.07) is 8.65. The minimum Gasteiger partial charge on any atom is -0.372 e. The molecular weight excluding hydrogens is 348 g/mol. The molecule has 0 spiro atoms. The smallest absolute Gasteiger partial charge is 0.227 e. The lowest BCUT2D eigenvalue weighted by Gasteiger charge is -2.28. The average Bonchev–Trinajstić information content (AvgIpc) is 3.17. The standard InChI is InChI=1S/C23H32N4O/c1-2-20-22(24-23(28)18-9-5-3-6-10-18)21(26-25-20)17-11-13-19(14-12-17)27-15-7-4-8-16-27/h11-14,18H,2-10,15-16H2,1H3,(H,24,28)(H,25,26). The van der Waals surface area contributed by atoms with E-state index in [1.165, 1.54) is 31.4 Å². The number of amides is 1. The highest BCUT2D eigenvalue weighted by Gasteiger charge is 2.24. The van der Waals surface area contributed by atoms with Crippen molar-refractivity contribution in [2.45, 2.75) is 64.7 Å². The number of benzene rings is 1. The first-order valence-electron chi connectivity index (χ1n) is 11.0. The number of aromatic nitrogens is 2. The van der Waals surface area contributed by atoms with Crippen LogP contribution in [0.1, 0.15) is 64.0 Å². The largest absolute Gasteiger partial charge is 0.372 e. The fourth-order valence-electron chi connectivity index (χ4n) is 4.55. The molecule has 1 aromatic carbocycles. The molecule has 0 radical (unpaired) electrons. The first-order chi connectivity index (χ1) is 13.8. The number of nitrogens with one attached hydrogen (secondary N) is 2. The first-order valence-corrected chi connectivity index (χ1v) is 11.0. The molecule has 150 valence electrons. The summed E-state index contributed by atoms with van der Waals surface area (Å²) in [4.78, 5) is 15.3. The fourth-order valence-corrected chi connectivity index (χ4v) is 4.55. The van der Waals surface area contributed by atoms with Crippen molar-refractivity contribution in [3.8, 4) is 11.3 Å². The lowest BCUT2D eigenvalue weighted by Crippen LogP contribution is -2.29. The topological polar surface area (TPSA) is 61.0 Å². The molecule has 2 fully saturated rings. The predicted molar refractivity (Wildman–Crippen MR) is 115 cm³/mol. The molecule has 1 aliphatic carbocycles. The van der Waals surface area contributed by atoms with Gasteiger partial charge in [-0.3, -0.25) is 9.89 Å². The molecule has 2 aliphatic rings. The van der Waals surface area contributed by atoms with Gasteiger partial charge < -0.3 is 10.2 Å². The predicted octanol–water partition coefficient (Wildman–Crippen LogP) is 5.15. The van der Waals surface area contributed by atoms with Gasteiger partial charge in [-0.05, 0) is 50.7 Å². The summed E-state index contributed by atoms with van der Waals surface area (Å²) < 4.78 is 0. The molecule has 28 heavy (non-hydrogen) atoms. The summed E-state index contributed by atoms with van der Waals surface area (Å²) in [7, 11) is 0. The molecular formula is C23H32N4O. The molecule has 1 amide bonds. The third-order valence-electron chi connectivity index (χ3n) is 6.28. The van der Waals surface area contributed by atoms with Crippen LogP contribution in [0, 0.1) is 5.92 Å². The maximum atomic E-state index is 12.8. The third-order valence-corrected chi connectivity index (χ3v) is 6.28. The van der Waals surface area contributed by atoms with E-state index >= 15 is 0 Å². The number of rotatable bonds is 5. The number of aromatic amines is 1. The zero-order valence-corrected chi connectivity index (χ0v) is 17.0. The van der Waals surface area contributed by atoms with E-state index in [2.05, 4.69) is 51.6 Å². The monoisotopic (exact) mass is 380 g/mol.